The van der Waals surface area contributed by atoms with Crippen LogP contribution in [0.15, 0.2) is 55.6 Å². The van der Waals surface area contributed by atoms with Gasteiger partial charge in [0.2, 0.25) is 11.8 Å². The van der Waals surface area contributed by atoms with E-state index in [0.29, 0.717) is 32.4 Å². The zero-order chi connectivity index (χ0) is 25.0. The normalized spacial score (nSPS) is 28.6. The number of benzene rings is 1. The summed E-state index contributed by atoms with van der Waals surface area (Å²) in [5, 5.41) is 9.46. The molecule has 1 aromatic rings. The second-order valence-electron chi connectivity index (χ2n) is 9.40. The predicted octanol–water partition coefficient (Wildman–Crippen LogP) is 2.79. The molecule has 2 amide bonds. The number of aliphatic hydroxyl groups excluding tert-OH is 1. The summed E-state index contributed by atoms with van der Waals surface area (Å²) < 4.78 is 4.85. The van der Waals surface area contributed by atoms with Crippen LogP contribution in [0.3, 0.4) is 0 Å². The molecule has 4 rings (SSSR count). The van der Waals surface area contributed by atoms with E-state index in [1.54, 1.807) is 33.7 Å². The van der Waals surface area contributed by atoms with Gasteiger partial charge >= 0.3 is 5.97 Å². The van der Waals surface area contributed by atoms with Crippen LogP contribution in [0.25, 0.3) is 0 Å². The minimum absolute atomic E-state index is 0.0301. The van der Waals surface area contributed by atoms with Crippen LogP contribution < -0.4 is 0 Å². The molecule has 2 bridgehead atoms. The minimum Gasteiger partial charge on any atom is -0.465 e. The molecule has 3 aliphatic heterocycles. The highest BCUT2D eigenvalue weighted by Crippen LogP contribution is 2.66. The molecule has 3 heterocycles. The molecule has 0 aliphatic carbocycles. The van der Waals surface area contributed by atoms with Crippen molar-refractivity contribution in [1.29, 1.82) is 0 Å². The van der Waals surface area contributed by atoms with Crippen molar-refractivity contribution in [3.8, 4) is 0 Å². The van der Waals surface area contributed by atoms with Crippen molar-refractivity contribution >= 4 is 29.5 Å². The summed E-state index contributed by atoms with van der Waals surface area (Å²) in [5.41, 5.74) is 0.995. The monoisotopic (exact) mass is 498 g/mol. The van der Waals surface area contributed by atoms with Crippen LogP contribution in [0.1, 0.15) is 31.2 Å². The van der Waals surface area contributed by atoms with Crippen molar-refractivity contribution in [2.24, 2.45) is 11.8 Å². The summed E-state index contributed by atoms with van der Waals surface area (Å²) in [6.07, 6.45) is 5.80. The first kappa shape index (κ1) is 25.5. The fourth-order valence-electron chi connectivity index (χ4n) is 5.89. The van der Waals surface area contributed by atoms with Gasteiger partial charge in [-0.2, -0.15) is 0 Å². The molecule has 3 aliphatic rings. The lowest BCUT2D eigenvalue weighted by molar-refractivity contribution is -0.154. The highest BCUT2D eigenvalue weighted by atomic mass is 32.2. The van der Waals surface area contributed by atoms with E-state index in [9.17, 15) is 19.5 Å². The lowest BCUT2D eigenvalue weighted by Gasteiger charge is -2.37. The first-order valence-electron chi connectivity index (χ1n) is 12.3. The molecule has 188 valence electrons. The number of hydrogen-bond acceptors (Lipinski definition) is 6. The van der Waals surface area contributed by atoms with Gasteiger partial charge in [0.05, 0.1) is 23.2 Å². The van der Waals surface area contributed by atoms with Crippen molar-refractivity contribution in [1.82, 2.24) is 9.80 Å². The third-order valence-electron chi connectivity index (χ3n) is 7.31. The molecule has 3 saturated heterocycles. The topological polar surface area (TPSA) is 87.2 Å². The maximum atomic E-state index is 14.2. The molecule has 7 nitrogen and oxygen atoms in total. The molecule has 0 radical (unpaired) electrons. The van der Waals surface area contributed by atoms with Crippen LogP contribution >= 0.6 is 11.8 Å². The quantitative estimate of drug-likeness (QED) is 0.271. The zero-order valence-electron chi connectivity index (χ0n) is 20.0. The summed E-state index contributed by atoms with van der Waals surface area (Å²) in [7, 11) is 0. The lowest BCUT2D eigenvalue weighted by atomic mass is 9.71. The molecule has 3 fully saturated rings. The number of fused-ring (bicyclic) bond motifs is 1. The van der Waals surface area contributed by atoms with Gasteiger partial charge in [0, 0.05) is 31.5 Å². The van der Waals surface area contributed by atoms with E-state index in [-0.39, 0.29) is 42.8 Å². The van der Waals surface area contributed by atoms with Crippen molar-refractivity contribution < 1.29 is 24.2 Å². The number of ether oxygens (including phenoxy) is 1. The van der Waals surface area contributed by atoms with E-state index in [1.807, 2.05) is 30.3 Å². The van der Waals surface area contributed by atoms with Gasteiger partial charge < -0.3 is 19.6 Å². The number of esters is 1. The van der Waals surface area contributed by atoms with Gasteiger partial charge in [-0.3, -0.25) is 14.4 Å². The van der Waals surface area contributed by atoms with Gasteiger partial charge in [-0.05, 0) is 31.2 Å². The fraction of sp³-hybridized carbons (Fsp3) is 0.519. The number of aliphatic hydroxyl groups is 1. The minimum atomic E-state index is -0.684. The number of thioether (sulfide) groups is 1. The van der Waals surface area contributed by atoms with Crippen LogP contribution in [0, 0.1) is 11.8 Å². The number of nitrogens with zero attached hydrogens (tertiary/aromatic N) is 2. The SMILES string of the molecule is C=CCCOC(=O)[C@@H]1[C@@H]2CCC3(S2)C(C(=O)N(CC=C)Cc2ccccc2)N(CCCO)C(=O)[C@H]13. The molecule has 2 unspecified atom stereocenters. The van der Waals surface area contributed by atoms with E-state index in [0.717, 1.165) is 12.0 Å². The van der Waals surface area contributed by atoms with Gasteiger partial charge in [0.1, 0.15) is 6.04 Å². The number of hydrogen-bond donors (Lipinski definition) is 1. The third-order valence-corrected chi connectivity index (χ3v) is 9.26. The molecule has 0 saturated carbocycles. The summed E-state index contributed by atoms with van der Waals surface area (Å²) in [6, 6.07) is 9.06. The van der Waals surface area contributed by atoms with Crippen LogP contribution in [0.5, 0.6) is 0 Å². The Kier molecular flexibility index (Phi) is 8.02. The molecular formula is C27H34N2O5S. The van der Waals surface area contributed by atoms with Crippen molar-refractivity contribution in [3.63, 3.8) is 0 Å². The Morgan fingerprint density at radius 1 is 1.26 bits per heavy atom. The van der Waals surface area contributed by atoms with Crippen LogP contribution in [0.2, 0.25) is 0 Å². The Hall–Kier alpha value is -2.58. The van der Waals surface area contributed by atoms with Gasteiger partial charge in [0.25, 0.3) is 0 Å². The smallest absolute Gasteiger partial charge is 0.310 e. The molecule has 1 N–H and O–H groups in total. The van der Waals surface area contributed by atoms with Gasteiger partial charge in [0.15, 0.2) is 0 Å². The standard InChI is InChI=1S/C27H34N2O5S/c1-3-5-17-34-26(33)21-20-12-13-27(35-20)22(21)24(31)29(15-9-16-30)23(27)25(32)28(14-4-2)18-19-10-7-6-8-11-19/h3-4,6-8,10-11,20-23,30H,1-2,5,9,12-18H2/t20-,21+,22-,23?,27?/m0/s1. The predicted molar refractivity (Wildman–Crippen MR) is 135 cm³/mol. The number of amides is 2. The molecule has 35 heavy (non-hydrogen) atoms. The first-order valence-corrected chi connectivity index (χ1v) is 13.2. The van der Waals surface area contributed by atoms with E-state index in [2.05, 4.69) is 13.2 Å². The zero-order valence-corrected chi connectivity index (χ0v) is 20.8. The van der Waals surface area contributed by atoms with Crippen LogP contribution in [-0.4, -0.2) is 75.0 Å². The van der Waals surface area contributed by atoms with Crippen molar-refractivity contribution in [2.45, 2.75) is 48.3 Å². The van der Waals surface area contributed by atoms with Crippen molar-refractivity contribution in [3.05, 3.63) is 61.2 Å². The average molecular weight is 499 g/mol. The molecular weight excluding hydrogens is 464 g/mol. The second-order valence-corrected chi connectivity index (χ2v) is 11.0. The van der Waals surface area contributed by atoms with E-state index in [4.69, 9.17) is 4.74 Å². The highest BCUT2D eigenvalue weighted by molar-refractivity contribution is 8.02. The average Bonchev–Trinajstić information content (AvgIpc) is 3.50. The van der Waals surface area contributed by atoms with E-state index < -0.39 is 22.6 Å². The second kappa shape index (κ2) is 11.0. The van der Waals surface area contributed by atoms with Gasteiger partial charge in [-0.15, -0.1) is 24.9 Å². The van der Waals surface area contributed by atoms with Crippen LogP contribution in [-0.2, 0) is 25.7 Å². The Balaban J connectivity index is 1.66. The Bertz CT molecular complexity index is 970. The van der Waals surface area contributed by atoms with Gasteiger partial charge in [-0.1, -0.05) is 42.5 Å². The number of carbonyl (C=O) groups is 3. The largest absolute Gasteiger partial charge is 0.465 e. The van der Waals surface area contributed by atoms with E-state index in [1.165, 1.54) is 0 Å². The lowest BCUT2D eigenvalue weighted by Crippen LogP contribution is -2.54. The van der Waals surface area contributed by atoms with Crippen LogP contribution in [0.4, 0.5) is 0 Å². The van der Waals surface area contributed by atoms with Crippen molar-refractivity contribution in [2.75, 3.05) is 26.3 Å². The third kappa shape index (κ3) is 4.66. The number of rotatable bonds is 12. The summed E-state index contributed by atoms with van der Waals surface area (Å²) in [4.78, 5) is 44.4. The summed E-state index contributed by atoms with van der Waals surface area (Å²) in [6.45, 7) is 8.70. The summed E-state index contributed by atoms with van der Waals surface area (Å²) in [5.74, 6) is -1.79. The molecule has 5 atom stereocenters. The fourth-order valence-corrected chi connectivity index (χ4v) is 8.09. The highest BCUT2D eigenvalue weighted by Gasteiger charge is 2.74. The molecule has 1 spiro atoms. The molecule has 0 aromatic heterocycles. The first-order chi connectivity index (χ1) is 17.0. The maximum Gasteiger partial charge on any atom is 0.310 e. The van der Waals surface area contributed by atoms with Gasteiger partial charge in [-0.25, -0.2) is 0 Å². The number of carbonyl (C=O) groups excluding carboxylic acids is 3. The Morgan fingerprint density at radius 3 is 2.71 bits per heavy atom. The molecule has 1 aromatic carbocycles. The molecule has 8 heteroatoms. The summed E-state index contributed by atoms with van der Waals surface area (Å²) >= 11 is 1.63. The Labute approximate surface area is 211 Å². The maximum absolute atomic E-state index is 14.2. The van der Waals surface area contributed by atoms with E-state index >= 15 is 0 Å². The Morgan fingerprint density at radius 2 is 2.03 bits per heavy atom. The number of likely N-dealkylation sites (tertiary alicyclic amines) is 1.